The number of halogens is 5. The van der Waals surface area contributed by atoms with Crippen LogP contribution in [0, 0.1) is 36.0 Å². The van der Waals surface area contributed by atoms with E-state index in [2.05, 4.69) is 10.6 Å². The van der Waals surface area contributed by atoms with E-state index in [0.717, 1.165) is 12.1 Å². The maximum Gasteiger partial charge on any atom is 3.00 e. The van der Waals surface area contributed by atoms with Crippen LogP contribution in [0.25, 0.3) is 5.32 Å². The van der Waals surface area contributed by atoms with Crippen LogP contribution in [0.2, 0.25) is 0 Å². The molecule has 6 nitrogen and oxygen atoms in total. The Bertz CT molecular complexity index is 1010. The van der Waals surface area contributed by atoms with Crippen molar-refractivity contribution in [2.45, 2.75) is 11.8 Å². The average Bonchev–Trinajstić information content (AvgIpc) is 2.60. The molecular formula is C15H11F5N3O3SY+2. The van der Waals surface area contributed by atoms with Crippen molar-refractivity contribution in [2.24, 2.45) is 0 Å². The molecule has 0 radical (unpaired) electrons. The molecule has 0 heterocycles. The molecular weight excluding hydrogens is 486 g/mol. The molecule has 0 spiro atoms. The van der Waals surface area contributed by atoms with Gasteiger partial charge >= 0.3 is 32.7 Å². The van der Waals surface area contributed by atoms with E-state index < -0.39 is 50.0 Å². The number of hydrogen-bond donors (Lipinski definition) is 2. The molecule has 2 N–H and O–H groups in total. The van der Waals surface area contributed by atoms with Crippen molar-refractivity contribution < 1.29 is 67.9 Å². The molecule has 13 heteroatoms. The van der Waals surface area contributed by atoms with Crippen LogP contribution in [0.15, 0.2) is 23.1 Å². The van der Waals surface area contributed by atoms with Crippen LogP contribution in [-0.2, 0) is 42.7 Å². The summed E-state index contributed by atoms with van der Waals surface area (Å²) in [4.78, 5) is 9.29. The first-order chi connectivity index (χ1) is 12.5. The molecule has 0 fully saturated rings. The van der Waals surface area contributed by atoms with Gasteiger partial charge in [0.2, 0.25) is 5.82 Å². The number of nitrogens with one attached hydrogen (secondary N) is 2. The molecule has 0 unspecified atom stereocenters. The summed E-state index contributed by atoms with van der Waals surface area (Å²) in [7, 11) is -3.97. The van der Waals surface area contributed by atoms with E-state index in [1.54, 1.807) is 11.6 Å². The molecule has 0 bridgehead atoms. The molecule has 2 aromatic rings. The Hall–Kier alpha value is -1.79. The van der Waals surface area contributed by atoms with Gasteiger partial charge in [-0.1, -0.05) is 13.1 Å². The third-order valence-electron chi connectivity index (χ3n) is 3.37. The van der Waals surface area contributed by atoms with Gasteiger partial charge < -0.3 is 10.6 Å². The van der Waals surface area contributed by atoms with Gasteiger partial charge in [-0.3, -0.25) is 9.52 Å². The van der Waals surface area contributed by atoms with Gasteiger partial charge in [0.25, 0.3) is 10.0 Å². The van der Waals surface area contributed by atoms with Gasteiger partial charge in [-0.15, -0.1) is 0 Å². The Morgan fingerprint density at radius 3 is 1.96 bits per heavy atom. The van der Waals surface area contributed by atoms with Crippen molar-refractivity contribution in [1.29, 1.82) is 0 Å². The number of sulfonamides is 1. The topological polar surface area (TPSA) is 89.4 Å². The van der Waals surface area contributed by atoms with Crippen LogP contribution in [0.5, 0.6) is 0 Å². The molecule has 0 atom stereocenters. The zero-order valence-electron chi connectivity index (χ0n) is 14.3. The summed E-state index contributed by atoms with van der Waals surface area (Å²) >= 11 is 0. The van der Waals surface area contributed by atoms with Gasteiger partial charge in [0.15, 0.2) is 34.2 Å². The van der Waals surface area contributed by atoms with Crippen molar-refractivity contribution in [1.82, 2.24) is 0 Å². The van der Waals surface area contributed by atoms with E-state index in [0.29, 0.717) is 5.56 Å². The van der Waals surface area contributed by atoms with Gasteiger partial charge in [0.05, 0.1) is 0 Å². The van der Waals surface area contributed by atoms with Crippen LogP contribution in [-0.4, -0.2) is 21.5 Å². The number of rotatable bonds is 4. The molecule has 0 saturated carbocycles. The van der Waals surface area contributed by atoms with E-state index >= 15 is 0 Å². The molecule has 2 rings (SSSR count). The average molecular weight is 497 g/mol. The second-order valence-corrected chi connectivity index (χ2v) is 6.81. The number of amides is 2. The Morgan fingerprint density at radius 1 is 0.964 bits per heavy atom. The molecule has 28 heavy (non-hydrogen) atoms. The molecule has 0 aliphatic heterocycles. The zero-order chi connectivity index (χ0) is 20.5. The Labute approximate surface area is 181 Å². The molecule has 0 aliphatic carbocycles. The maximum absolute atomic E-state index is 13.8. The molecule has 146 valence electrons. The number of hydrogen-bond acceptors (Lipinski definition) is 3. The number of aryl methyl sites for hydroxylation is 1. The largest absolute Gasteiger partial charge is 3.00 e. The number of nitrogens with zero attached hydrogens (tertiary/aromatic N) is 1. The van der Waals surface area contributed by atoms with E-state index in [9.17, 15) is 35.2 Å². The molecule has 2 amide bonds. The van der Waals surface area contributed by atoms with Gasteiger partial charge in [-0.05, 0) is 30.3 Å². The summed E-state index contributed by atoms with van der Waals surface area (Å²) in [5.41, 5.74) is 0.310. The Kier molecular flexibility index (Phi) is 7.92. The second kappa shape index (κ2) is 9.14. The van der Waals surface area contributed by atoms with Crippen molar-refractivity contribution in [2.75, 3.05) is 17.1 Å². The van der Waals surface area contributed by atoms with Crippen molar-refractivity contribution in [3.63, 3.8) is 0 Å². The van der Waals surface area contributed by atoms with E-state index in [-0.39, 0.29) is 44.1 Å². The van der Waals surface area contributed by atoms with Crippen molar-refractivity contribution in [3.8, 4) is 0 Å². The number of carbonyl (C=O) groups is 1. The predicted molar refractivity (Wildman–Crippen MR) is 86.5 cm³/mol. The molecule has 2 aromatic carbocycles. The minimum Gasteiger partial charge on any atom is -0.434 e. The molecule has 0 aromatic heterocycles. The SMILES string of the molecule is C[N-]C(=O)Nc1cc(NS(=O)(=O)c2c(F)c(F)c(F)c(F)c2F)ccc1C.[Y+3]. The zero-order valence-corrected chi connectivity index (χ0v) is 17.9. The second-order valence-electron chi connectivity index (χ2n) is 5.19. The third kappa shape index (κ3) is 4.79. The first-order valence-electron chi connectivity index (χ1n) is 7.05. The van der Waals surface area contributed by atoms with Crippen molar-refractivity contribution >= 4 is 27.4 Å². The van der Waals surface area contributed by atoms with Crippen LogP contribution in [0.3, 0.4) is 0 Å². The quantitative estimate of drug-likeness (QED) is 0.380. The van der Waals surface area contributed by atoms with Gasteiger partial charge in [-0.25, -0.2) is 30.4 Å². The molecule has 0 aliphatic rings. The van der Waals surface area contributed by atoms with Crippen LogP contribution in [0.4, 0.5) is 38.1 Å². The summed E-state index contributed by atoms with van der Waals surface area (Å²) < 4.78 is 93.2. The van der Waals surface area contributed by atoms with Crippen molar-refractivity contribution in [3.05, 3.63) is 58.2 Å². The standard InChI is InChI=1S/C15H12F5N3O3S.Y/c1-6-3-4-7(5-8(6)22-15(24)21-2)23-27(25,26)14-12(19)10(17)9(16)11(18)13(14)20;/h3-5,23H,1-2H3,(H2,21,22,24);/q;+3/p-1. The number of benzene rings is 2. The third-order valence-corrected chi connectivity index (χ3v) is 4.77. The molecule has 0 saturated heterocycles. The summed E-state index contributed by atoms with van der Waals surface area (Å²) in [6, 6.07) is 2.85. The first-order valence-corrected chi connectivity index (χ1v) is 8.53. The monoisotopic (exact) mass is 497 g/mol. The minimum atomic E-state index is -5.18. The van der Waals surface area contributed by atoms with Crippen LogP contribution < -0.4 is 10.0 Å². The summed E-state index contributed by atoms with van der Waals surface area (Å²) in [5.74, 6) is -12.3. The fraction of sp³-hybridized carbons (Fsp3) is 0.133. The normalized spacial score (nSPS) is 10.8. The first kappa shape index (κ1) is 24.3. The predicted octanol–water partition coefficient (Wildman–Crippen LogP) is 4.02. The van der Waals surface area contributed by atoms with Gasteiger partial charge in [0.1, 0.15) is 0 Å². The number of urea groups is 1. The fourth-order valence-electron chi connectivity index (χ4n) is 2.02. The van der Waals surface area contributed by atoms with Crippen LogP contribution in [0.1, 0.15) is 5.56 Å². The number of carbonyl (C=O) groups excluding carboxylic acids is 1. The van der Waals surface area contributed by atoms with E-state index in [1.807, 2.05) is 0 Å². The maximum atomic E-state index is 13.8. The minimum absolute atomic E-state index is 0. The summed E-state index contributed by atoms with van der Waals surface area (Å²) in [6.07, 6.45) is 0. The fourth-order valence-corrected chi connectivity index (χ4v) is 3.21. The Balaban J connectivity index is 0.00000392. The smallest absolute Gasteiger partial charge is 0.434 e. The Morgan fingerprint density at radius 2 is 1.46 bits per heavy atom. The number of anilines is 2. The summed E-state index contributed by atoms with van der Waals surface area (Å²) in [6.45, 7) is 1.56. The van der Waals surface area contributed by atoms with E-state index in [1.165, 1.54) is 13.1 Å². The summed E-state index contributed by atoms with van der Waals surface area (Å²) in [5, 5.41) is 5.64. The van der Waals surface area contributed by atoms with E-state index in [4.69, 9.17) is 0 Å². The van der Waals surface area contributed by atoms with Crippen LogP contribution >= 0.6 is 0 Å². The van der Waals surface area contributed by atoms with Gasteiger partial charge in [0, 0.05) is 5.69 Å². The van der Waals surface area contributed by atoms with Gasteiger partial charge in [-0.2, -0.15) is 0 Å².